The summed E-state index contributed by atoms with van der Waals surface area (Å²) in [7, 11) is 0. The van der Waals surface area contributed by atoms with Gasteiger partial charge in [-0.25, -0.2) is 0 Å². The highest BCUT2D eigenvalue weighted by atomic mass is 16.5. The Morgan fingerprint density at radius 2 is 1.81 bits per heavy atom. The highest BCUT2D eigenvalue weighted by Crippen LogP contribution is 2.31. The molecule has 1 fully saturated rings. The number of esters is 1. The third kappa shape index (κ3) is 3.42. The number of para-hydroxylation sites is 1. The van der Waals surface area contributed by atoms with E-state index in [1.54, 1.807) is 0 Å². The molecular formula is C22H24N2O3. The molecule has 1 saturated carbocycles. The van der Waals surface area contributed by atoms with E-state index in [1.807, 2.05) is 30.3 Å². The maximum absolute atomic E-state index is 12.2. The SMILES string of the molecule is CCn1c2ccccc2c2cc(NC(=O)COC(=O)C3CCCC3)ccc21. The molecule has 0 bridgehead atoms. The van der Waals surface area contributed by atoms with Crippen molar-refractivity contribution in [2.75, 3.05) is 11.9 Å². The average Bonchev–Trinajstić information content (AvgIpc) is 3.32. The molecule has 0 spiro atoms. The van der Waals surface area contributed by atoms with Gasteiger partial charge in [-0.2, -0.15) is 0 Å². The van der Waals surface area contributed by atoms with E-state index >= 15 is 0 Å². The van der Waals surface area contributed by atoms with Gasteiger partial charge in [-0.3, -0.25) is 9.59 Å². The standard InChI is InChI=1S/C22H24N2O3/c1-2-24-19-10-6-5-9-17(19)18-13-16(11-12-20(18)24)23-21(25)14-27-22(26)15-7-3-4-8-15/h5-6,9-13,15H,2-4,7-8,14H2,1H3,(H,23,25). The largest absolute Gasteiger partial charge is 0.455 e. The molecular weight excluding hydrogens is 340 g/mol. The Balaban J connectivity index is 1.49. The number of nitrogens with one attached hydrogen (secondary N) is 1. The molecule has 0 aliphatic heterocycles. The molecule has 0 saturated heterocycles. The number of hydrogen-bond acceptors (Lipinski definition) is 3. The first kappa shape index (κ1) is 17.6. The van der Waals surface area contributed by atoms with Crippen LogP contribution in [0.15, 0.2) is 42.5 Å². The van der Waals surface area contributed by atoms with Gasteiger partial charge in [0.2, 0.25) is 0 Å². The zero-order valence-corrected chi connectivity index (χ0v) is 15.5. The van der Waals surface area contributed by atoms with Crippen LogP contribution in [0.2, 0.25) is 0 Å². The lowest BCUT2D eigenvalue weighted by atomic mass is 10.1. The van der Waals surface area contributed by atoms with Crippen molar-refractivity contribution in [3.05, 3.63) is 42.5 Å². The van der Waals surface area contributed by atoms with Gasteiger partial charge in [-0.15, -0.1) is 0 Å². The number of carbonyl (C=O) groups is 2. The molecule has 1 aliphatic rings. The third-order valence-electron chi connectivity index (χ3n) is 5.41. The molecule has 1 amide bonds. The average molecular weight is 364 g/mol. The lowest BCUT2D eigenvalue weighted by Gasteiger charge is -2.10. The molecule has 5 nitrogen and oxygen atoms in total. The van der Waals surface area contributed by atoms with E-state index in [-0.39, 0.29) is 24.4 Å². The van der Waals surface area contributed by atoms with Crippen LogP contribution < -0.4 is 5.32 Å². The number of carbonyl (C=O) groups excluding carboxylic acids is 2. The number of rotatable bonds is 5. The molecule has 5 heteroatoms. The fourth-order valence-electron chi connectivity index (χ4n) is 4.09. The smallest absolute Gasteiger partial charge is 0.309 e. The van der Waals surface area contributed by atoms with Crippen molar-refractivity contribution in [2.45, 2.75) is 39.2 Å². The van der Waals surface area contributed by atoms with Crippen molar-refractivity contribution in [2.24, 2.45) is 5.92 Å². The number of hydrogen-bond donors (Lipinski definition) is 1. The lowest BCUT2D eigenvalue weighted by molar-refractivity contribution is -0.151. The van der Waals surface area contributed by atoms with Crippen molar-refractivity contribution in [3.63, 3.8) is 0 Å². The Labute approximate surface area is 158 Å². The minimum absolute atomic E-state index is 0.0330. The molecule has 1 aliphatic carbocycles. The first-order valence-electron chi connectivity index (χ1n) is 9.65. The predicted molar refractivity (Wildman–Crippen MR) is 107 cm³/mol. The second-order valence-electron chi connectivity index (χ2n) is 7.13. The molecule has 0 radical (unpaired) electrons. The van der Waals surface area contributed by atoms with Crippen molar-refractivity contribution >= 4 is 39.4 Å². The Hall–Kier alpha value is -2.82. The zero-order chi connectivity index (χ0) is 18.8. The monoisotopic (exact) mass is 364 g/mol. The van der Waals surface area contributed by atoms with Crippen LogP contribution in [-0.4, -0.2) is 23.1 Å². The third-order valence-corrected chi connectivity index (χ3v) is 5.41. The molecule has 4 rings (SSSR count). The highest BCUT2D eigenvalue weighted by molar-refractivity contribution is 6.09. The zero-order valence-electron chi connectivity index (χ0n) is 15.5. The summed E-state index contributed by atoms with van der Waals surface area (Å²) in [5.74, 6) is -0.585. The van der Waals surface area contributed by atoms with Gasteiger partial charge in [0.05, 0.1) is 5.92 Å². The van der Waals surface area contributed by atoms with Crippen LogP contribution in [0.1, 0.15) is 32.6 Å². The summed E-state index contributed by atoms with van der Waals surface area (Å²) in [6.07, 6.45) is 3.88. The van der Waals surface area contributed by atoms with Crippen LogP contribution in [0.25, 0.3) is 21.8 Å². The Morgan fingerprint density at radius 1 is 1.07 bits per heavy atom. The van der Waals surface area contributed by atoms with Crippen LogP contribution >= 0.6 is 0 Å². The van der Waals surface area contributed by atoms with E-state index in [9.17, 15) is 9.59 Å². The van der Waals surface area contributed by atoms with Gasteiger partial charge in [0.15, 0.2) is 6.61 Å². The summed E-state index contributed by atoms with van der Waals surface area (Å²) in [6, 6.07) is 14.2. The minimum Gasteiger partial charge on any atom is -0.455 e. The Kier molecular flexibility index (Phi) is 4.84. The first-order valence-corrected chi connectivity index (χ1v) is 9.65. The highest BCUT2D eigenvalue weighted by Gasteiger charge is 2.24. The van der Waals surface area contributed by atoms with Crippen molar-refractivity contribution < 1.29 is 14.3 Å². The van der Waals surface area contributed by atoms with Crippen molar-refractivity contribution in [1.82, 2.24) is 4.57 Å². The van der Waals surface area contributed by atoms with Crippen LogP contribution in [0.5, 0.6) is 0 Å². The fraction of sp³-hybridized carbons (Fsp3) is 0.364. The van der Waals surface area contributed by atoms with Gasteiger partial charge in [0.25, 0.3) is 5.91 Å². The molecule has 0 atom stereocenters. The second kappa shape index (κ2) is 7.43. The number of anilines is 1. The maximum Gasteiger partial charge on any atom is 0.309 e. The Morgan fingerprint density at radius 3 is 2.59 bits per heavy atom. The lowest BCUT2D eigenvalue weighted by Crippen LogP contribution is -2.23. The van der Waals surface area contributed by atoms with Gasteiger partial charge < -0.3 is 14.6 Å². The number of fused-ring (bicyclic) bond motifs is 3. The number of benzene rings is 2. The minimum atomic E-state index is -0.306. The van der Waals surface area contributed by atoms with Crippen LogP contribution in [0.3, 0.4) is 0 Å². The van der Waals surface area contributed by atoms with Crippen LogP contribution in [0.4, 0.5) is 5.69 Å². The van der Waals surface area contributed by atoms with E-state index in [2.05, 4.69) is 28.9 Å². The second-order valence-corrected chi connectivity index (χ2v) is 7.13. The van der Waals surface area contributed by atoms with Gasteiger partial charge >= 0.3 is 5.97 Å². The Bertz CT molecular complexity index is 999. The van der Waals surface area contributed by atoms with Crippen molar-refractivity contribution in [3.8, 4) is 0 Å². The molecule has 1 aromatic heterocycles. The summed E-state index contributed by atoms with van der Waals surface area (Å²) in [5.41, 5.74) is 3.04. The quantitative estimate of drug-likeness (QED) is 0.679. The number of nitrogens with zero attached hydrogens (tertiary/aromatic N) is 1. The van der Waals surface area contributed by atoms with Crippen LogP contribution in [-0.2, 0) is 20.9 Å². The summed E-state index contributed by atoms with van der Waals surface area (Å²) in [4.78, 5) is 24.2. The molecule has 3 aromatic rings. The molecule has 140 valence electrons. The molecule has 2 aromatic carbocycles. The summed E-state index contributed by atoms with van der Waals surface area (Å²) < 4.78 is 7.45. The van der Waals surface area contributed by atoms with Gasteiger partial charge in [-0.1, -0.05) is 31.0 Å². The van der Waals surface area contributed by atoms with E-state index in [1.165, 1.54) is 5.52 Å². The molecule has 1 heterocycles. The van der Waals surface area contributed by atoms with Gasteiger partial charge in [-0.05, 0) is 44.0 Å². The van der Waals surface area contributed by atoms with Crippen molar-refractivity contribution in [1.29, 1.82) is 0 Å². The summed E-state index contributed by atoms with van der Waals surface area (Å²) in [6.45, 7) is 2.77. The van der Waals surface area contributed by atoms with E-state index < -0.39 is 0 Å². The predicted octanol–water partition coefficient (Wildman–Crippen LogP) is 4.49. The normalized spacial score (nSPS) is 14.7. The van der Waals surface area contributed by atoms with Gasteiger partial charge in [0, 0.05) is 34.0 Å². The number of aryl methyl sites for hydroxylation is 1. The first-order chi connectivity index (χ1) is 13.2. The summed E-state index contributed by atoms with van der Waals surface area (Å²) in [5, 5.41) is 5.12. The van der Waals surface area contributed by atoms with Gasteiger partial charge in [0.1, 0.15) is 0 Å². The topological polar surface area (TPSA) is 60.3 Å². The molecule has 1 N–H and O–H groups in total. The maximum atomic E-state index is 12.2. The number of amides is 1. The number of aromatic nitrogens is 1. The van der Waals surface area contributed by atoms with E-state index in [0.717, 1.165) is 48.5 Å². The molecule has 0 unspecified atom stereocenters. The summed E-state index contributed by atoms with van der Waals surface area (Å²) >= 11 is 0. The van der Waals surface area contributed by atoms with Crippen LogP contribution in [0, 0.1) is 5.92 Å². The van der Waals surface area contributed by atoms with E-state index in [4.69, 9.17) is 4.74 Å². The van der Waals surface area contributed by atoms with E-state index in [0.29, 0.717) is 5.69 Å². The molecule has 27 heavy (non-hydrogen) atoms. The number of ether oxygens (including phenoxy) is 1. The fourth-order valence-corrected chi connectivity index (χ4v) is 4.09.